The molecule has 1 aromatic rings. The zero-order valence-electron chi connectivity index (χ0n) is 12.8. The predicted octanol–water partition coefficient (Wildman–Crippen LogP) is 2.89. The first-order chi connectivity index (χ1) is 10.0. The van der Waals surface area contributed by atoms with Crippen LogP contribution in [0.25, 0.3) is 0 Å². The number of hydrogen-bond donors (Lipinski definition) is 1. The Bertz CT molecular complexity index is 458. The van der Waals surface area contributed by atoms with Gasteiger partial charge in [-0.05, 0) is 45.7 Å². The monoisotopic (exact) mass is 329 g/mol. The van der Waals surface area contributed by atoms with E-state index >= 15 is 0 Å². The Labute approximate surface area is 135 Å². The van der Waals surface area contributed by atoms with Gasteiger partial charge in [0.15, 0.2) is 0 Å². The van der Waals surface area contributed by atoms with Crippen LogP contribution in [0.3, 0.4) is 0 Å². The molecule has 0 aromatic carbocycles. The zero-order chi connectivity index (χ0) is 15.2. The Morgan fingerprint density at radius 2 is 2.38 bits per heavy atom. The number of likely N-dealkylation sites (tertiary alicyclic amines) is 1. The van der Waals surface area contributed by atoms with Crippen LogP contribution in [0.15, 0.2) is 0 Å². The van der Waals surface area contributed by atoms with Gasteiger partial charge in [0.05, 0.1) is 10.7 Å². The lowest BCUT2D eigenvalue weighted by Crippen LogP contribution is -2.33. The van der Waals surface area contributed by atoms with Crippen molar-refractivity contribution in [2.24, 2.45) is 5.92 Å². The predicted molar refractivity (Wildman–Crippen MR) is 88.0 cm³/mol. The fourth-order valence-corrected chi connectivity index (χ4v) is 3.88. The highest BCUT2D eigenvalue weighted by Gasteiger charge is 2.17. The SMILES string of the molecule is Cc1nc(CCNC(=O)CC[C@@H]2CCCN(C)C2)sc1Cl. The molecule has 4 nitrogen and oxygen atoms in total. The van der Waals surface area contributed by atoms with Crippen LogP contribution in [0.1, 0.15) is 36.4 Å². The van der Waals surface area contributed by atoms with Crippen LogP contribution in [0, 0.1) is 12.8 Å². The molecular weight excluding hydrogens is 306 g/mol. The summed E-state index contributed by atoms with van der Waals surface area (Å²) in [6.45, 7) is 4.87. The van der Waals surface area contributed by atoms with E-state index in [9.17, 15) is 4.79 Å². The van der Waals surface area contributed by atoms with E-state index in [1.807, 2.05) is 6.92 Å². The van der Waals surface area contributed by atoms with Gasteiger partial charge in [0, 0.05) is 25.9 Å². The average molecular weight is 330 g/mol. The highest BCUT2D eigenvalue weighted by Crippen LogP contribution is 2.23. The highest BCUT2D eigenvalue weighted by atomic mass is 35.5. The van der Waals surface area contributed by atoms with Gasteiger partial charge < -0.3 is 10.2 Å². The van der Waals surface area contributed by atoms with Gasteiger partial charge in [-0.2, -0.15) is 0 Å². The van der Waals surface area contributed by atoms with Gasteiger partial charge in [-0.25, -0.2) is 4.98 Å². The number of piperidine rings is 1. The molecule has 1 aliphatic rings. The third kappa shape index (κ3) is 5.57. The average Bonchev–Trinajstić information content (AvgIpc) is 2.75. The van der Waals surface area contributed by atoms with Crippen molar-refractivity contribution in [3.63, 3.8) is 0 Å². The van der Waals surface area contributed by atoms with Crippen molar-refractivity contribution in [3.05, 3.63) is 15.0 Å². The van der Waals surface area contributed by atoms with Gasteiger partial charge in [0.25, 0.3) is 0 Å². The molecule has 0 aliphatic carbocycles. The van der Waals surface area contributed by atoms with E-state index < -0.39 is 0 Å². The number of carbonyl (C=O) groups excluding carboxylic acids is 1. The molecule has 1 saturated heterocycles. The lowest BCUT2D eigenvalue weighted by atomic mass is 9.93. The molecule has 0 spiro atoms. The molecular formula is C15H24ClN3OS. The number of hydrogen-bond acceptors (Lipinski definition) is 4. The van der Waals surface area contributed by atoms with E-state index in [4.69, 9.17) is 11.6 Å². The minimum Gasteiger partial charge on any atom is -0.356 e. The van der Waals surface area contributed by atoms with Crippen LogP contribution in [-0.4, -0.2) is 42.5 Å². The number of rotatable bonds is 6. The molecule has 118 valence electrons. The first kappa shape index (κ1) is 16.7. The summed E-state index contributed by atoms with van der Waals surface area (Å²) in [7, 11) is 2.16. The normalized spacial score (nSPS) is 19.7. The Kier molecular flexibility index (Phi) is 6.45. The number of aryl methyl sites for hydroxylation is 1. The summed E-state index contributed by atoms with van der Waals surface area (Å²) in [6, 6.07) is 0. The highest BCUT2D eigenvalue weighted by molar-refractivity contribution is 7.16. The number of thiazole rings is 1. The molecule has 1 atom stereocenters. The Morgan fingerprint density at radius 3 is 3.05 bits per heavy atom. The maximum atomic E-state index is 11.9. The van der Waals surface area contributed by atoms with E-state index in [0.29, 0.717) is 18.9 Å². The van der Waals surface area contributed by atoms with Crippen molar-refractivity contribution in [1.29, 1.82) is 0 Å². The van der Waals surface area contributed by atoms with Crippen LogP contribution in [0.5, 0.6) is 0 Å². The maximum Gasteiger partial charge on any atom is 0.220 e. The van der Waals surface area contributed by atoms with Crippen molar-refractivity contribution in [3.8, 4) is 0 Å². The molecule has 1 aromatic heterocycles. The zero-order valence-corrected chi connectivity index (χ0v) is 14.4. The summed E-state index contributed by atoms with van der Waals surface area (Å²) >= 11 is 7.48. The molecule has 2 rings (SSSR count). The lowest BCUT2D eigenvalue weighted by molar-refractivity contribution is -0.121. The number of nitrogens with one attached hydrogen (secondary N) is 1. The quantitative estimate of drug-likeness (QED) is 0.872. The number of nitrogens with zero attached hydrogens (tertiary/aromatic N) is 2. The van der Waals surface area contributed by atoms with Crippen molar-refractivity contribution in [1.82, 2.24) is 15.2 Å². The fourth-order valence-electron chi connectivity index (χ4n) is 2.78. The van der Waals surface area contributed by atoms with Crippen molar-refractivity contribution < 1.29 is 4.79 Å². The van der Waals surface area contributed by atoms with Crippen molar-refractivity contribution in [2.75, 3.05) is 26.7 Å². The Morgan fingerprint density at radius 1 is 1.57 bits per heavy atom. The second kappa shape index (κ2) is 8.11. The minimum absolute atomic E-state index is 0.155. The van der Waals surface area contributed by atoms with Crippen molar-refractivity contribution in [2.45, 2.75) is 39.0 Å². The molecule has 1 N–H and O–H groups in total. The van der Waals surface area contributed by atoms with Gasteiger partial charge in [0.2, 0.25) is 5.91 Å². The maximum absolute atomic E-state index is 11.9. The topological polar surface area (TPSA) is 45.2 Å². The van der Waals surface area contributed by atoms with Gasteiger partial charge in [-0.3, -0.25) is 4.79 Å². The van der Waals surface area contributed by atoms with Crippen LogP contribution >= 0.6 is 22.9 Å². The number of halogens is 1. The van der Waals surface area contributed by atoms with Gasteiger partial charge in [0.1, 0.15) is 4.34 Å². The van der Waals surface area contributed by atoms with E-state index in [1.54, 1.807) is 0 Å². The van der Waals surface area contributed by atoms with E-state index in [0.717, 1.165) is 34.4 Å². The number of amides is 1. The number of carbonyl (C=O) groups is 1. The molecule has 0 unspecified atom stereocenters. The fraction of sp³-hybridized carbons (Fsp3) is 0.733. The summed E-state index contributed by atoms with van der Waals surface area (Å²) in [5.74, 6) is 0.831. The van der Waals surface area contributed by atoms with E-state index in [1.165, 1.54) is 30.7 Å². The second-order valence-electron chi connectivity index (χ2n) is 5.88. The molecule has 0 saturated carbocycles. The first-order valence-electron chi connectivity index (χ1n) is 7.61. The van der Waals surface area contributed by atoms with Gasteiger partial charge in [-0.1, -0.05) is 11.6 Å². The third-order valence-corrected chi connectivity index (χ3v) is 5.46. The summed E-state index contributed by atoms with van der Waals surface area (Å²) in [6.07, 6.45) is 4.91. The van der Waals surface area contributed by atoms with Crippen LogP contribution in [-0.2, 0) is 11.2 Å². The molecule has 6 heteroatoms. The lowest BCUT2D eigenvalue weighted by Gasteiger charge is -2.29. The van der Waals surface area contributed by atoms with Gasteiger partial charge in [-0.15, -0.1) is 11.3 Å². The molecule has 21 heavy (non-hydrogen) atoms. The molecule has 1 amide bonds. The molecule has 1 aliphatic heterocycles. The summed E-state index contributed by atoms with van der Waals surface area (Å²) in [4.78, 5) is 18.6. The van der Waals surface area contributed by atoms with E-state index in [2.05, 4.69) is 22.2 Å². The summed E-state index contributed by atoms with van der Waals surface area (Å²) in [5, 5.41) is 3.97. The smallest absolute Gasteiger partial charge is 0.220 e. The van der Waals surface area contributed by atoms with Crippen LogP contribution in [0.4, 0.5) is 0 Å². The van der Waals surface area contributed by atoms with Gasteiger partial charge >= 0.3 is 0 Å². The van der Waals surface area contributed by atoms with E-state index in [-0.39, 0.29) is 5.91 Å². The standard InChI is InChI=1S/C15H24ClN3OS/c1-11-15(16)21-14(18-11)7-8-17-13(20)6-5-12-4-3-9-19(2)10-12/h12H,3-10H2,1-2H3,(H,17,20)/t12-/m0/s1. The van der Waals surface area contributed by atoms with Crippen LogP contribution < -0.4 is 5.32 Å². The number of aromatic nitrogens is 1. The Hall–Kier alpha value is -0.650. The van der Waals surface area contributed by atoms with Crippen molar-refractivity contribution >= 4 is 28.8 Å². The molecule has 0 bridgehead atoms. The van der Waals surface area contributed by atoms with Crippen LogP contribution in [0.2, 0.25) is 4.34 Å². The summed E-state index contributed by atoms with van der Waals surface area (Å²) in [5.41, 5.74) is 0.879. The molecule has 2 heterocycles. The molecule has 0 radical (unpaired) electrons. The molecule has 1 fully saturated rings. The largest absolute Gasteiger partial charge is 0.356 e. The Balaban J connectivity index is 1.61. The third-order valence-electron chi connectivity index (χ3n) is 3.95. The second-order valence-corrected chi connectivity index (χ2v) is 7.56. The summed E-state index contributed by atoms with van der Waals surface area (Å²) < 4.78 is 0.748. The first-order valence-corrected chi connectivity index (χ1v) is 8.81. The minimum atomic E-state index is 0.155.